The molecule has 3 aromatic rings. The zero-order valence-electron chi connectivity index (χ0n) is 20.8. The lowest BCUT2D eigenvalue weighted by atomic mass is 10.0. The summed E-state index contributed by atoms with van der Waals surface area (Å²) in [6.07, 6.45) is 3.05. The van der Waals surface area contributed by atoms with Gasteiger partial charge in [-0.3, -0.25) is 4.79 Å². The second-order valence-electron chi connectivity index (χ2n) is 9.84. The van der Waals surface area contributed by atoms with E-state index in [9.17, 15) is 20.1 Å². The number of carbonyl (C=O) groups excluding carboxylic acids is 1. The number of benzene rings is 3. The van der Waals surface area contributed by atoms with Crippen LogP contribution in [0.4, 0.5) is 0 Å². The molecule has 4 rings (SSSR count). The largest absolute Gasteiger partial charge is 0.508 e. The van der Waals surface area contributed by atoms with Gasteiger partial charge in [0.25, 0.3) is 0 Å². The number of aryl methyl sites for hydroxylation is 1. The Kier molecular flexibility index (Phi) is 8.75. The summed E-state index contributed by atoms with van der Waals surface area (Å²) in [5.41, 5.74) is 6.05. The molecule has 0 heterocycles. The van der Waals surface area contributed by atoms with Crippen molar-refractivity contribution >= 4 is 5.91 Å². The lowest BCUT2D eigenvalue weighted by Gasteiger charge is -2.18. The first-order valence-corrected chi connectivity index (χ1v) is 12.7. The minimum absolute atomic E-state index is 0.0243. The molecule has 1 unspecified atom stereocenters. The molecule has 1 aliphatic rings. The number of hydrogen-bond acceptors (Lipinski definition) is 5. The maximum absolute atomic E-state index is 12.5. The first-order valence-electron chi connectivity index (χ1n) is 12.7. The minimum atomic E-state index is -0.740. The van der Waals surface area contributed by atoms with E-state index < -0.39 is 6.10 Å². The zero-order valence-corrected chi connectivity index (χ0v) is 20.8. The van der Waals surface area contributed by atoms with Crippen LogP contribution in [0, 0.1) is 0 Å². The van der Waals surface area contributed by atoms with Gasteiger partial charge in [0.05, 0.1) is 12.7 Å². The van der Waals surface area contributed by atoms with Gasteiger partial charge in [0.15, 0.2) is 0 Å². The van der Waals surface area contributed by atoms with Crippen LogP contribution in [0.15, 0.2) is 66.7 Å². The molecular weight excluding hydrogens is 452 g/mol. The van der Waals surface area contributed by atoms with Gasteiger partial charge in [-0.15, -0.1) is 0 Å². The molecule has 0 aliphatic heterocycles. The molecule has 3 aromatic carbocycles. The van der Waals surface area contributed by atoms with Crippen LogP contribution in [0.2, 0.25) is 0 Å². The quantitative estimate of drug-likeness (QED) is 0.285. The number of fused-ring (bicyclic) bond motifs is 1. The van der Waals surface area contributed by atoms with Crippen LogP contribution >= 0.6 is 0 Å². The molecule has 1 amide bonds. The highest BCUT2D eigenvalue weighted by Crippen LogP contribution is 2.23. The number of phenols is 1. The SMILES string of the molecule is CC(Cc1cccc(CCC(=O)NC2Cc3ccccc3C2)c1)NC[C@H](O)c1ccc(O)c(CO)c1. The van der Waals surface area contributed by atoms with Gasteiger partial charge < -0.3 is 26.0 Å². The molecule has 0 radical (unpaired) electrons. The standard InChI is InChI=1S/C30H36N2O4/c1-20(31-18-29(35)25-10-11-28(34)26(15-25)19-33)13-22-6-4-5-21(14-22)9-12-30(36)32-27-16-23-7-2-3-8-24(23)17-27/h2-8,10-11,14-15,20,27,29,31,33-35H,9,12-13,16-19H2,1H3,(H,32,36)/t20?,29-/m0/s1. The van der Waals surface area contributed by atoms with E-state index in [1.807, 2.05) is 6.07 Å². The van der Waals surface area contributed by atoms with Gasteiger partial charge in [0.1, 0.15) is 5.75 Å². The summed E-state index contributed by atoms with van der Waals surface area (Å²) < 4.78 is 0. The van der Waals surface area contributed by atoms with Gasteiger partial charge in [-0.25, -0.2) is 0 Å². The van der Waals surface area contributed by atoms with Gasteiger partial charge in [-0.2, -0.15) is 0 Å². The van der Waals surface area contributed by atoms with E-state index in [0.29, 0.717) is 30.5 Å². The number of aliphatic hydroxyl groups is 2. The van der Waals surface area contributed by atoms with Crippen LogP contribution in [0.1, 0.15) is 52.8 Å². The molecule has 6 nitrogen and oxygen atoms in total. The lowest BCUT2D eigenvalue weighted by molar-refractivity contribution is -0.121. The maximum Gasteiger partial charge on any atom is 0.220 e. The molecule has 2 atom stereocenters. The number of nitrogens with one attached hydrogen (secondary N) is 2. The smallest absolute Gasteiger partial charge is 0.220 e. The highest BCUT2D eigenvalue weighted by molar-refractivity contribution is 5.76. The summed E-state index contributed by atoms with van der Waals surface area (Å²) in [6, 6.07) is 21.8. The Hall–Kier alpha value is -3.19. The molecule has 1 aliphatic carbocycles. The lowest BCUT2D eigenvalue weighted by Crippen LogP contribution is -2.35. The van der Waals surface area contributed by atoms with Crippen molar-refractivity contribution in [2.24, 2.45) is 0 Å². The first-order chi connectivity index (χ1) is 17.4. The molecule has 0 aromatic heterocycles. The van der Waals surface area contributed by atoms with Crippen molar-refractivity contribution in [2.45, 2.75) is 63.8 Å². The van der Waals surface area contributed by atoms with Crippen molar-refractivity contribution < 1.29 is 20.1 Å². The molecule has 5 N–H and O–H groups in total. The Morgan fingerprint density at radius 2 is 1.72 bits per heavy atom. The summed E-state index contributed by atoms with van der Waals surface area (Å²) >= 11 is 0. The van der Waals surface area contributed by atoms with Crippen molar-refractivity contribution in [3.05, 3.63) is 100 Å². The van der Waals surface area contributed by atoms with Crippen LogP contribution in [-0.2, 0) is 37.1 Å². The molecule has 0 fully saturated rings. The normalized spacial score (nSPS) is 14.9. The number of hydrogen-bond donors (Lipinski definition) is 5. The Morgan fingerprint density at radius 3 is 2.44 bits per heavy atom. The molecule has 36 heavy (non-hydrogen) atoms. The zero-order chi connectivity index (χ0) is 25.5. The number of rotatable bonds is 11. The third-order valence-corrected chi connectivity index (χ3v) is 6.91. The number of aromatic hydroxyl groups is 1. The highest BCUT2D eigenvalue weighted by Gasteiger charge is 2.22. The fourth-order valence-corrected chi connectivity index (χ4v) is 4.93. The van der Waals surface area contributed by atoms with E-state index in [0.717, 1.165) is 24.8 Å². The topological polar surface area (TPSA) is 102 Å². The third kappa shape index (κ3) is 6.94. The number of amides is 1. The Bertz CT molecular complexity index is 1150. The molecule has 6 heteroatoms. The van der Waals surface area contributed by atoms with Crippen molar-refractivity contribution in [3.63, 3.8) is 0 Å². The highest BCUT2D eigenvalue weighted by atomic mass is 16.3. The van der Waals surface area contributed by atoms with Gasteiger partial charge in [-0.1, -0.05) is 54.6 Å². The van der Waals surface area contributed by atoms with E-state index in [1.54, 1.807) is 12.1 Å². The molecule has 0 bridgehead atoms. The summed E-state index contributed by atoms with van der Waals surface area (Å²) in [7, 11) is 0. The van der Waals surface area contributed by atoms with Gasteiger partial charge >= 0.3 is 0 Å². The fraction of sp³-hybridized carbons (Fsp3) is 0.367. The molecule has 0 saturated heterocycles. The van der Waals surface area contributed by atoms with E-state index >= 15 is 0 Å². The third-order valence-electron chi connectivity index (χ3n) is 6.91. The summed E-state index contributed by atoms with van der Waals surface area (Å²) in [5.74, 6) is 0.122. The van der Waals surface area contributed by atoms with Crippen molar-refractivity contribution in [1.82, 2.24) is 10.6 Å². The van der Waals surface area contributed by atoms with Gasteiger partial charge in [0.2, 0.25) is 5.91 Å². The summed E-state index contributed by atoms with van der Waals surface area (Å²) in [5, 5.41) is 36.1. The Labute approximate surface area is 213 Å². The van der Waals surface area contributed by atoms with E-state index in [2.05, 4.69) is 60.0 Å². The molecule has 0 saturated carbocycles. The molecule has 190 valence electrons. The average molecular weight is 489 g/mol. The van der Waals surface area contributed by atoms with Crippen molar-refractivity contribution in [2.75, 3.05) is 6.54 Å². The predicted molar refractivity (Wildman–Crippen MR) is 141 cm³/mol. The van der Waals surface area contributed by atoms with Crippen LogP contribution in [0.25, 0.3) is 0 Å². The average Bonchev–Trinajstić information content (AvgIpc) is 3.29. The first kappa shape index (κ1) is 25.9. The van der Waals surface area contributed by atoms with Crippen LogP contribution in [-0.4, -0.2) is 39.9 Å². The van der Waals surface area contributed by atoms with Gasteiger partial charge in [-0.05, 0) is 72.6 Å². The van der Waals surface area contributed by atoms with Crippen LogP contribution in [0.3, 0.4) is 0 Å². The number of aliphatic hydroxyl groups excluding tert-OH is 2. The fourth-order valence-electron chi connectivity index (χ4n) is 4.93. The van der Waals surface area contributed by atoms with Crippen molar-refractivity contribution in [1.29, 1.82) is 0 Å². The summed E-state index contributed by atoms with van der Waals surface area (Å²) in [6.45, 7) is 2.16. The van der Waals surface area contributed by atoms with Crippen LogP contribution in [0.5, 0.6) is 5.75 Å². The van der Waals surface area contributed by atoms with E-state index in [-0.39, 0.29) is 30.3 Å². The monoisotopic (exact) mass is 488 g/mol. The number of carbonyl (C=O) groups is 1. The Morgan fingerprint density at radius 1 is 1.00 bits per heavy atom. The maximum atomic E-state index is 12.5. The predicted octanol–water partition coefficient (Wildman–Crippen LogP) is 3.35. The summed E-state index contributed by atoms with van der Waals surface area (Å²) in [4.78, 5) is 12.5. The van der Waals surface area contributed by atoms with Gasteiger partial charge in [0, 0.05) is 30.6 Å². The van der Waals surface area contributed by atoms with Crippen molar-refractivity contribution in [3.8, 4) is 5.75 Å². The van der Waals surface area contributed by atoms with Crippen LogP contribution < -0.4 is 10.6 Å². The Balaban J connectivity index is 1.21. The molecular formula is C30H36N2O4. The second-order valence-corrected chi connectivity index (χ2v) is 9.84. The van der Waals surface area contributed by atoms with E-state index in [4.69, 9.17) is 0 Å². The molecule has 0 spiro atoms. The minimum Gasteiger partial charge on any atom is -0.508 e. The second kappa shape index (κ2) is 12.2. The van der Waals surface area contributed by atoms with E-state index in [1.165, 1.54) is 22.8 Å².